The van der Waals surface area contributed by atoms with E-state index in [1.54, 1.807) is 24.3 Å². The number of benzene rings is 2. The van der Waals surface area contributed by atoms with E-state index in [0.717, 1.165) is 4.90 Å². The van der Waals surface area contributed by atoms with E-state index in [1.165, 1.54) is 26.0 Å². The Kier molecular flexibility index (Phi) is 6.45. The van der Waals surface area contributed by atoms with E-state index < -0.39 is 0 Å². The highest BCUT2D eigenvalue weighted by Crippen LogP contribution is 2.36. The highest BCUT2D eigenvalue weighted by Gasteiger charge is 2.12. The summed E-state index contributed by atoms with van der Waals surface area (Å²) in [7, 11) is 3.02. The van der Waals surface area contributed by atoms with Crippen molar-refractivity contribution in [1.82, 2.24) is 0 Å². The highest BCUT2D eigenvalue weighted by molar-refractivity contribution is 8.00. The Morgan fingerprint density at radius 1 is 1.09 bits per heavy atom. The van der Waals surface area contributed by atoms with E-state index >= 15 is 0 Å². The van der Waals surface area contributed by atoms with Gasteiger partial charge in [0.05, 0.1) is 30.7 Å². The minimum atomic E-state index is -0.160. The average molecular weight is 372 g/mol. The number of methoxy groups -OCH3 is 2. The second kappa shape index (κ2) is 8.34. The van der Waals surface area contributed by atoms with Crippen LogP contribution < -0.4 is 14.8 Å². The number of carbonyl (C=O) groups excluding carboxylic acids is 1. The third-order valence-corrected chi connectivity index (χ3v) is 4.49. The summed E-state index contributed by atoms with van der Waals surface area (Å²) >= 11 is 13.3. The molecule has 4 nitrogen and oxygen atoms in total. The van der Waals surface area contributed by atoms with E-state index in [0.29, 0.717) is 27.2 Å². The Balaban J connectivity index is 2.03. The first-order valence-electron chi connectivity index (χ1n) is 6.63. The van der Waals surface area contributed by atoms with Gasteiger partial charge in [-0.3, -0.25) is 4.79 Å². The second-order valence-corrected chi connectivity index (χ2v) is 6.37. The quantitative estimate of drug-likeness (QED) is 0.744. The maximum Gasteiger partial charge on any atom is 0.234 e. The van der Waals surface area contributed by atoms with Gasteiger partial charge in [0.2, 0.25) is 5.91 Å². The number of hydrogen-bond donors (Lipinski definition) is 1. The average Bonchev–Trinajstić information content (AvgIpc) is 2.55. The number of rotatable bonds is 6. The first-order valence-corrected chi connectivity index (χ1v) is 8.37. The number of anilines is 1. The zero-order chi connectivity index (χ0) is 16.8. The molecular formula is C16H15Cl2NO3S. The fourth-order valence-electron chi connectivity index (χ4n) is 1.82. The van der Waals surface area contributed by atoms with Gasteiger partial charge in [0, 0.05) is 22.1 Å². The van der Waals surface area contributed by atoms with Gasteiger partial charge in [-0.15, -0.1) is 11.8 Å². The molecule has 0 saturated carbocycles. The van der Waals surface area contributed by atoms with Crippen molar-refractivity contribution in [3.8, 4) is 11.5 Å². The van der Waals surface area contributed by atoms with Crippen LogP contribution in [0.1, 0.15) is 0 Å². The fraction of sp³-hybridized carbons (Fsp3) is 0.188. The normalized spacial score (nSPS) is 10.3. The summed E-state index contributed by atoms with van der Waals surface area (Å²) < 4.78 is 10.4. The maximum atomic E-state index is 12.1. The zero-order valence-corrected chi connectivity index (χ0v) is 14.9. The number of carbonyl (C=O) groups is 1. The van der Waals surface area contributed by atoms with Gasteiger partial charge in [-0.05, 0) is 24.3 Å². The molecule has 1 N–H and O–H groups in total. The third-order valence-electron chi connectivity index (χ3n) is 2.93. The first kappa shape index (κ1) is 17.8. The molecule has 0 radical (unpaired) electrons. The molecule has 2 rings (SSSR count). The molecule has 0 aliphatic carbocycles. The summed E-state index contributed by atoms with van der Waals surface area (Å²) in [4.78, 5) is 13.1. The molecule has 0 saturated heterocycles. The van der Waals surface area contributed by atoms with Crippen molar-refractivity contribution >= 4 is 46.6 Å². The SMILES string of the molecule is COc1cc(NC(=O)CSc2ccc(Cl)cc2)c(OC)cc1Cl. The maximum absolute atomic E-state index is 12.1. The molecule has 0 aliphatic rings. The van der Waals surface area contributed by atoms with Crippen LogP contribution in [0.25, 0.3) is 0 Å². The summed E-state index contributed by atoms with van der Waals surface area (Å²) in [6, 6.07) is 10.5. The Hall–Kier alpha value is -1.56. The smallest absolute Gasteiger partial charge is 0.234 e. The van der Waals surface area contributed by atoms with Crippen molar-refractivity contribution in [3.63, 3.8) is 0 Å². The van der Waals surface area contributed by atoms with Gasteiger partial charge in [-0.2, -0.15) is 0 Å². The van der Waals surface area contributed by atoms with Crippen LogP contribution in [0.5, 0.6) is 11.5 Å². The molecule has 0 fully saturated rings. The van der Waals surface area contributed by atoms with E-state index in [2.05, 4.69) is 5.32 Å². The molecule has 7 heteroatoms. The molecular weight excluding hydrogens is 357 g/mol. The number of ether oxygens (including phenoxy) is 2. The minimum Gasteiger partial charge on any atom is -0.495 e. The van der Waals surface area contributed by atoms with Gasteiger partial charge in [-0.25, -0.2) is 0 Å². The van der Waals surface area contributed by atoms with Gasteiger partial charge in [0.25, 0.3) is 0 Å². The molecule has 0 aromatic heterocycles. The second-order valence-electron chi connectivity index (χ2n) is 4.48. The lowest BCUT2D eigenvalue weighted by molar-refractivity contribution is -0.113. The highest BCUT2D eigenvalue weighted by atomic mass is 35.5. The summed E-state index contributed by atoms with van der Waals surface area (Å²) in [6.07, 6.45) is 0. The van der Waals surface area contributed by atoms with Crippen LogP contribution in [-0.4, -0.2) is 25.9 Å². The fourth-order valence-corrected chi connectivity index (χ4v) is 2.88. The van der Waals surface area contributed by atoms with E-state index in [4.69, 9.17) is 32.7 Å². The number of hydrogen-bond acceptors (Lipinski definition) is 4. The largest absolute Gasteiger partial charge is 0.495 e. The van der Waals surface area contributed by atoms with Gasteiger partial charge >= 0.3 is 0 Å². The van der Waals surface area contributed by atoms with Gasteiger partial charge in [-0.1, -0.05) is 23.2 Å². The van der Waals surface area contributed by atoms with Crippen molar-refractivity contribution in [2.75, 3.05) is 25.3 Å². The predicted octanol–water partition coefficient (Wildman–Crippen LogP) is 4.74. The molecule has 0 heterocycles. The Morgan fingerprint density at radius 3 is 2.35 bits per heavy atom. The Bertz CT molecular complexity index is 692. The first-order chi connectivity index (χ1) is 11.0. The Labute approximate surface area is 149 Å². The van der Waals surface area contributed by atoms with Crippen LogP contribution in [0.3, 0.4) is 0 Å². The van der Waals surface area contributed by atoms with Crippen molar-refractivity contribution in [1.29, 1.82) is 0 Å². The molecule has 2 aromatic rings. The molecule has 0 unspecified atom stereocenters. The van der Waals surface area contributed by atoms with Crippen LogP contribution >= 0.6 is 35.0 Å². The van der Waals surface area contributed by atoms with Gasteiger partial charge < -0.3 is 14.8 Å². The standard InChI is InChI=1S/C16H15Cl2NO3S/c1-21-14-8-13(15(22-2)7-12(14)18)19-16(20)9-23-11-5-3-10(17)4-6-11/h3-8H,9H2,1-2H3,(H,19,20). The molecule has 2 aromatic carbocycles. The van der Waals surface area contributed by atoms with E-state index in [1.807, 2.05) is 12.1 Å². The van der Waals surface area contributed by atoms with Crippen molar-refractivity contribution in [3.05, 3.63) is 46.4 Å². The van der Waals surface area contributed by atoms with Crippen LogP contribution in [0.2, 0.25) is 10.0 Å². The molecule has 0 bridgehead atoms. The monoisotopic (exact) mass is 371 g/mol. The lowest BCUT2D eigenvalue weighted by Gasteiger charge is -2.13. The number of nitrogens with one attached hydrogen (secondary N) is 1. The van der Waals surface area contributed by atoms with Crippen LogP contribution in [-0.2, 0) is 4.79 Å². The molecule has 1 amide bonds. The number of halogens is 2. The van der Waals surface area contributed by atoms with Crippen molar-refractivity contribution in [2.24, 2.45) is 0 Å². The van der Waals surface area contributed by atoms with Gasteiger partial charge in [0.1, 0.15) is 11.5 Å². The predicted molar refractivity (Wildman–Crippen MR) is 95.4 cm³/mol. The molecule has 0 atom stereocenters. The van der Waals surface area contributed by atoms with Crippen molar-refractivity contribution in [2.45, 2.75) is 4.90 Å². The summed E-state index contributed by atoms with van der Waals surface area (Å²) in [5.41, 5.74) is 0.510. The zero-order valence-electron chi connectivity index (χ0n) is 12.6. The molecule has 0 spiro atoms. The lowest BCUT2D eigenvalue weighted by atomic mass is 10.2. The Morgan fingerprint density at radius 2 is 1.74 bits per heavy atom. The van der Waals surface area contributed by atoms with Crippen LogP contribution in [0, 0.1) is 0 Å². The van der Waals surface area contributed by atoms with Crippen molar-refractivity contribution < 1.29 is 14.3 Å². The summed E-state index contributed by atoms with van der Waals surface area (Å²) in [6.45, 7) is 0. The van der Waals surface area contributed by atoms with Crippen LogP contribution in [0.15, 0.2) is 41.3 Å². The third kappa shape index (κ3) is 4.96. The lowest BCUT2D eigenvalue weighted by Crippen LogP contribution is -2.14. The minimum absolute atomic E-state index is 0.160. The topological polar surface area (TPSA) is 47.6 Å². The summed E-state index contributed by atoms with van der Waals surface area (Å²) in [5.74, 6) is 1.04. The molecule has 0 aliphatic heterocycles. The number of thioether (sulfide) groups is 1. The molecule has 23 heavy (non-hydrogen) atoms. The van der Waals surface area contributed by atoms with E-state index in [-0.39, 0.29) is 11.7 Å². The van der Waals surface area contributed by atoms with E-state index in [9.17, 15) is 4.79 Å². The van der Waals surface area contributed by atoms with Gasteiger partial charge in [0.15, 0.2) is 0 Å². The van der Waals surface area contributed by atoms with Crippen LogP contribution in [0.4, 0.5) is 5.69 Å². The number of amides is 1. The molecule has 122 valence electrons. The summed E-state index contributed by atoms with van der Waals surface area (Å²) in [5, 5.41) is 3.87.